The molecule has 1 rings (SSSR count). The Morgan fingerprint density at radius 3 is 2.60 bits per heavy atom. The van der Waals surface area contributed by atoms with Gasteiger partial charge in [0.25, 0.3) is 0 Å². The van der Waals surface area contributed by atoms with E-state index in [1.165, 1.54) is 11.3 Å². The summed E-state index contributed by atoms with van der Waals surface area (Å²) in [6.45, 7) is 7.86. The van der Waals surface area contributed by atoms with Gasteiger partial charge < -0.3 is 11.1 Å². The van der Waals surface area contributed by atoms with E-state index in [0.717, 1.165) is 22.1 Å². The van der Waals surface area contributed by atoms with Crippen LogP contribution in [-0.4, -0.2) is 12.5 Å². The lowest BCUT2D eigenvalue weighted by Crippen LogP contribution is -2.27. The van der Waals surface area contributed by atoms with E-state index in [9.17, 15) is 4.79 Å². The van der Waals surface area contributed by atoms with E-state index in [1.54, 1.807) is 0 Å². The highest BCUT2D eigenvalue weighted by Gasteiger charge is 2.24. The quantitative estimate of drug-likeness (QED) is 0.803. The van der Waals surface area contributed by atoms with E-state index in [0.29, 0.717) is 25.4 Å². The molecule has 20 heavy (non-hydrogen) atoms. The van der Waals surface area contributed by atoms with Crippen LogP contribution >= 0.6 is 22.9 Å². The van der Waals surface area contributed by atoms with Gasteiger partial charge in [0.1, 0.15) is 0 Å². The number of amides is 1. The minimum absolute atomic E-state index is 0.0980. The summed E-state index contributed by atoms with van der Waals surface area (Å²) in [6, 6.07) is 3.80. The van der Waals surface area contributed by atoms with Crippen LogP contribution in [-0.2, 0) is 11.3 Å². The fourth-order valence-electron chi connectivity index (χ4n) is 2.24. The maximum Gasteiger partial charge on any atom is 0.220 e. The lowest BCUT2D eigenvalue weighted by atomic mass is 9.76. The first-order valence-corrected chi connectivity index (χ1v) is 8.23. The van der Waals surface area contributed by atoms with Gasteiger partial charge in [-0.15, -0.1) is 11.3 Å². The molecule has 3 N–H and O–H groups in total. The molecule has 1 heterocycles. The van der Waals surface area contributed by atoms with Gasteiger partial charge in [-0.25, -0.2) is 0 Å². The van der Waals surface area contributed by atoms with Crippen molar-refractivity contribution in [1.29, 1.82) is 0 Å². The molecule has 114 valence electrons. The Kier molecular flexibility index (Phi) is 7.00. The number of nitrogens with one attached hydrogen (secondary N) is 1. The van der Waals surface area contributed by atoms with E-state index in [-0.39, 0.29) is 11.3 Å². The molecule has 0 saturated heterocycles. The second kappa shape index (κ2) is 8.01. The van der Waals surface area contributed by atoms with Gasteiger partial charge in [0.2, 0.25) is 5.91 Å². The van der Waals surface area contributed by atoms with E-state index >= 15 is 0 Å². The SMILES string of the molecule is CC(C)(C)C(CCN)CCC(=O)NCc1ccc(Cl)s1. The summed E-state index contributed by atoms with van der Waals surface area (Å²) in [4.78, 5) is 13.0. The highest BCUT2D eigenvalue weighted by molar-refractivity contribution is 7.16. The van der Waals surface area contributed by atoms with Crippen LogP contribution in [0.3, 0.4) is 0 Å². The molecule has 0 aliphatic carbocycles. The molecule has 3 nitrogen and oxygen atoms in total. The molecule has 1 aromatic rings. The van der Waals surface area contributed by atoms with Crippen LogP contribution in [0.1, 0.15) is 44.9 Å². The Morgan fingerprint density at radius 1 is 1.40 bits per heavy atom. The van der Waals surface area contributed by atoms with Crippen LogP contribution in [0.5, 0.6) is 0 Å². The smallest absolute Gasteiger partial charge is 0.220 e. The summed E-state index contributed by atoms with van der Waals surface area (Å²) < 4.78 is 0.755. The van der Waals surface area contributed by atoms with Crippen molar-refractivity contribution in [2.45, 2.75) is 46.6 Å². The molecular formula is C15H25ClN2OS. The van der Waals surface area contributed by atoms with Crippen molar-refractivity contribution >= 4 is 28.8 Å². The molecule has 0 saturated carbocycles. The monoisotopic (exact) mass is 316 g/mol. The zero-order valence-corrected chi connectivity index (χ0v) is 14.1. The van der Waals surface area contributed by atoms with Gasteiger partial charge in [-0.05, 0) is 42.9 Å². The standard InChI is InChI=1S/C15H25ClN2OS/c1-15(2,3)11(8-9-17)4-7-14(19)18-10-12-5-6-13(16)20-12/h5-6,11H,4,7-10,17H2,1-3H3,(H,18,19). The Bertz CT molecular complexity index is 426. The van der Waals surface area contributed by atoms with Gasteiger partial charge in [-0.3, -0.25) is 4.79 Å². The largest absolute Gasteiger partial charge is 0.351 e. The Labute approximate surface area is 130 Å². The van der Waals surface area contributed by atoms with Crippen LogP contribution in [0, 0.1) is 11.3 Å². The van der Waals surface area contributed by atoms with E-state index < -0.39 is 0 Å². The van der Waals surface area contributed by atoms with Gasteiger partial charge in [0.15, 0.2) is 0 Å². The molecule has 0 radical (unpaired) electrons. The molecule has 0 aliphatic heterocycles. The topological polar surface area (TPSA) is 55.1 Å². The fourth-order valence-corrected chi connectivity index (χ4v) is 3.26. The number of rotatable bonds is 7. The average molecular weight is 317 g/mol. The number of halogens is 1. The first-order valence-electron chi connectivity index (χ1n) is 7.04. The third kappa shape index (κ3) is 6.25. The summed E-state index contributed by atoms with van der Waals surface area (Å²) in [5.41, 5.74) is 5.85. The molecule has 1 atom stereocenters. The van der Waals surface area contributed by atoms with Crippen molar-refractivity contribution in [2.75, 3.05) is 6.54 Å². The Hall–Kier alpha value is -0.580. The van der Waals surface area contributed by atoms with Crippen molar-refractivity contribution in [3.8, 4) is 0 Å². The summed E-state index contributed by atoms with van der Waals surface area (Å²) >= 11 is 7.36. The van der Waals surface area contributed by atoms with Crippen molar-refractivity contribution in [1.82, 2.24) is 5.32 Å². The Balaban J connectivity index is 2.34. The number of hydrogen-bond acceptors (Lipinski definition) is 3. The third-order valence-electron chi connectivity index (χ3n) is 3.55. The van der Waals surface area contributed by atoms with Crippen molar-refractivity contribution in [3.63, 3.8) is 0 Å². The third-order valence-corrected chi connectivity index (χ3v) is 4.78. The molecule has 1 unspecified atom stereocenters. The second-order valence-electron chi connectivity index (χ2n) is 6.16. The maximum absolute atomic E-state index is 11.9. The fraction of sp³-hybridized carbons (Fsp3) is 0.667. The first kappa shape index (κ1) is 17.5. The summed E-state index contributed by atoms with van der Waals surface area (Å²) in [5.74, 6) is 0.579. The number of hydrogen-bond donors (Lipinski definition) is 2. The number of thiophene rings is 1. The molecule has 1 aromatic heterocycles. The van der Waals surface area contributed by atoms with Crippen molar-refractivity contribution in [3.05, 3.63) is 21.3 Å². The molecule has 1 amide bonds. The molecule has 0 spiro atoms. The van der Waals surface area contributed by atoms with Crippen LogP contribution in [0.4, 0.5) is 0 Å². The zero-order valence-electron chi connectivity index (χ0n) is 12.5. The van der Waals surface area contributed by atoms with E-state index in [4.69, 9.17) is 17.3 Å². The summed E-state index contributed by atoms with van der Waals surface area (Å²) in [5, 5.41) is 2.94. The Morgan fingerprint density at radius 2 is 2.10 bits per heavy atom. The lowest BCUT2D eigenvalue weighted by Gasteiger charge is -2.30. The minimum atomic E-state index is 0.0980. The normalized spacial score (nSPS) is 13.2. The number of carbonyl (C=O) groups excluding carboxylic acids is 1. The average Bonchev–Trinajstić information content (AvgIpc) is 2.76. The number of nitrogens with two attached hydrogens (primary N) is 1. The molecule has 0 fully saturated rings. The minimum Gasteiger partial charge on any atom is -0.351 e. The maximum atomic E-state index is 11.9. The molecule has 0 bridgehead atoms. The van der Waals surface area contributed by atoms with E-state index in [1.807, 2.05) is 12.1 Å². The van der Waals surface area contributed by atoms with Gasteiger partial charge in [0, 0.05) is 11.3 Å². The lowest BCUT2D eigenvalue weighted by molar-refractivity contribution is -0.121. The zero-order chi connectivity index (χ0) is 15.2. The molecule has 0 aromatic carbocycles. The first-order chi connectivity index (χ1) is 9.32. The molecular weight excluding hydrogens is 292 g/mol. The molecule has 0 aliphatic rings. The predicted molar refractivity (Wildman–Crippen MR) is 87.0 cm³/mol. The molecule has 5 heteroatoms. The number of carbonyl (C=O) groups is 1. The van der Waals surface area contributed by atoms with Gasteiger partial charge in [-0.1, -0.05) is 32.4 Å². The summed E-state index contributed by atoms with van der Waals surface area (Å²) in [6.07, 6.45) is 2.41. The van der Waals surface area contributed by atoms with Crippen LogP contribution < -0.4 is 11.1 Å². The highest BCUT2D eigenvalue weighted by atomic mass is 35.5. The van der Waals surface area contributed by atoms with Crippen LogP contribution in [0.15, 0.2) is 12.1 Å². The van der Waals surface area contributed by atoms with Gasteiger partial charge in [-0.2, -0.15) is 0 Å². The predicted octanol–water partition coefficient (Wildman–Crippen LogP) is 3.81. The summed E-state index contributed by atoms with van der Waals surface area (Å²) in [7, 11) is 0. The van der Waals surface area contributed by atoms with Crippen molar-refractivity contribution in [2.24, 2.45) is 17.1 Å². The van der Waals surface area contributed by atoms with Gasteiger partial charge >= 0.3 is 0 Å². The second-order valence-corrected chi connectivity index (χ2v) is 7.96. The van der Waals surface area contributed by atoms with Crippen molar-refractivity contribution < 1.29 is 4.79 Å². The van der Waals surface area contributed by atoms with Crippen LogP contribution in [0.2, 0.25) is 4.34 Å². The van der Waals surface area contributed by atoms with Crippen LogP contribution in [0.25, 0.3) is 0 Å². The van der Waals surface area contributed by atoms with E-state index in [2.05, 4.69) is 26.1 Å². The highest BCUT2D eigenvalue weighted by Crippen LogP contribution is 2.32. The van der Waals surface area contributed by atoms with Gasteiger partial charge in [0.05, 0.1) is 10.9 Å².